The Morgan fingerprint density at radius 1 is 1.08 bits per heavy atom. The standard InChI is InChI=1S/C21H30O4/c1-19(2)7-5-8-20(3)15(19)6-9-21(4)16(20)10-12-14(25-21)11-13(22)18(24)17(12)23/h10-11,15-18,23-24H,5-9H2,1-4H3/t15-,16+,17+,18-,20-,21-/m0/s1. The Hall–Kier alpha value is -1.13. The number of fused-ring (bicyclic) bond motifs is 4. The fraction of sp³-hybridized carbons (Fsp3) is 0.762. The number of aliphatic hydroxyl groups excluding tert-OH is 2. The van der Waals surface area contributed by atoms with Crippen LogP contribution in [0.25, 0.3) is 0 Å². The van der Waals surface area contributed by atoms with Crippen molar-refractivity contribution in [2.24, 2.45) is 22.7 Å². The largest absolute Gasteiger partial charge is 0.486 e. The van der Waals surface area contributed by atoms with E-state index in [0.29, 0.717) is 22.7 Å². The molecule has 0 radical (unpaired) electrons. The zero-order chi connectivity index (χ0) is 18.2. The molecule has 0 spiro atoms. The topological polar surface area (TPSA) is 66.8 Å². The third-order valence-electron chi connectivity index (χ3n) is 7.73. The van der Waals surface area contributed by atoms with E-state index >= 15 is 0 Å². The molecule has 4 aliphatic rings. The summed E-state index contributed by atoms with van der Waals surface area (Å²) in [6.45, 7) is 9.30. The molecule has 25 heavy (non-hydrogen) atoms. The molecule has 4 nitrogen and oxygen atoms in total. The van der Waals surface area contributed by atoms with Gasteiger partial charge >= 0.3 is 0 Å². The molecule has 0 unspecified atom stereocenters. The van der Waals surface area contributed by atoms with Gasteiger partial charge in [0.2, 0.25) is 0 Å². The zero-order valence-electron chi connectivity index (χ0n) is 15.7. The van der Waals surface area contributed by atoms with Gasteiger partial charge in [-0.25, -0.2) is 0 Å². The molecule has 0 aromatic heterocycles. The van der Waals surface area contributed by atoms with Gasteiger partial charge in [-0.15, -0.1) is 0 Å². The summed E-state index contributed by atoms with van der Waals surface area (Å²) in [6.07, 6.45) is 6.65. The van der Waals surface area contributed by atoms with Gasteiger partial charge in [0.1, 0.15) is 23.6 Å². The molecule has 0 amide bonds. The van der Waals surface area contributed by atoms with Crippen molar-refractivity contribution in [3.63, 3.8) is 0 Å². The maximum atomic E-state index is 11.9. The van der Waals surface area contributed by atoms with E-state index in [2.05, 4.69) is 33.8 Å². The van der Waals surface area contributed by atoms with Crippen molar-refractivity contribution in [3.05, 3.63) is 23.5 Å². The maximum absolute atomic E-state index is 11.9. The third-order valence-corrected chi connectivity index (χ3v) is 7.73. The van der Waals surface area contributed by atoms with Crippen LogP contribution in [0.1, 0.15) is 59.8 Å². The van der Waals surface area contributed by atoms with Gasteiger partial charge < -0.3 is 14.9 Å². The number of aliphatic hydroxyl groups is 2. The average molecular weight is 346 g/mol. The van der Waals surface area contributed by atoms with Crippen LogP contribution in [0.4, 0.5) is 0 Å². The minimum atomic E-state index is -1.38. The zero-order valence-corrected chi connectivity index (χ0v) is 15.7. The highest BCUT2D eigenvalue weighted by Crippen LogP contribution is 2.64. The van der Waals surface area contributed by atoms with Gasteiger partial charge in [-0.1, -0.05) is 33.3 Å². The predicted octanol–water partition coefficient (Wildman–Crippen LogP) is 3.13. The molecule has 2 fully saturated rings. The normalized spacial score (nSPS) is 48.3. The summed E-state index contributed by atoms with van der Waals surface area (Å²) in [5, 5.41) is 20.4. The van der Waals surface area contributed by atoms with Crippen molar-refractivity contribution in [2.75, 3.05) is 0 Å². The Bertz CT molecular complexity index is 675. The lowest BCUT2D eigenvalue weighted by Crippen LogP contribution is -2.59. The Morgan fingerprint density at radius 3 is 2.52 bits per heavy atom. The fourth-order valence-electron chi connectivity index (χ4n) is 6.49. The molecule has 1 heterocycles. The van der Waals surface area contributed by atoms with E-state index in [1.807, 2.05) is 0 Å². The molecule has 0 saturated heterocycles. The van der Waals surface area contributed by atoms with Gasteiger partial charge in [-0.05, 0) is 49.4 Å². The summed E-state index contributed by atoms with van der Waals surface area (Å²) in [4.78, 5) is 11.9. The smallest absolute Gasteiger partial charge is 0.190 e. The van der Waals surface area contributed by atoms with Crippen LogP contribution < -0.4 is 0 Å². The highest BCUT2D eigenvalue weighted by molar-refractivity contribution is 5.97. The lowest BCUT2D eigenvalue weighted by atomic mass is 9.45. The molecule has 2 N–H and O–H groups in total. The van der Waals surface area contributed by atoms with Crippen molar-refractivity contribution >= 4 is 5.78 Å². The molecule has 1 aliphatic heterocycles. The van der Waals surface area contributed by atoms with Crippen molar-refractivity contribution in [1.29, 1.82) is 0 Å². The second kappa shape index (κ2) is 5.20. The molecule has 138 valence electrons. The van der Waals surface area contributed by atoms with E-state index < -0.39 is 18.0 Å². The van der Waals surface area contributed by atoms with E-state index in [4.69, 9.17) is 4.74 Å². The monoisotopic (exact) mass is 346 g/mol. The van der Waals surface area contributed by atoms with Crippen molar-refractivity contribution < 1.29 is 19.7 Å². The van der Waals surface area contributed by atoms with Gasteiger partial charge in [-0.3, -0.25) is 4.79 Å². The number of ketones is 1. The minimum Gasteiger partial charge on any atom is -0.486 e. The summed E-state index contributed by atoms with van der Waals surface area (Å²) in [5.74, 6) is 0.782. The van der Waals surface area contributed by atoms with E-state index in [1.165, 1.54) is 18.9 Å². The lowest BCUT2D eigenvalue weighted by Gasteiger charge is -2.62. The molecule has 4 heteroatoms. The van der Waals surface area contributed by atoms with Gasteiger partial charge in [-0.2, -0.15) is 0 Å². The maximum Gasteiger partial charge on any atom is 0.190 e. The molecular formula is C21H30O4. The SMILES string of the molecule is CC1(C)CCC[C@]2(C)[C@H]3C=C4C(=CC(=O)[C@H](O)[C@@H]4O)O[C@@]3(C)CC[C@@H]12. The second-order valence-electron chi connectivity index (χ2n) is 9.75. The number of rotatable bonds is 0. The molecule has 0 aromatic rings. The number of carbonyl (C=O) groups is 1. The highest BCUT2D eigenvalue weighted by atomic mass is 16.5. The molecule has 4 rings (SSSR count). The van der Waals surface area contributed by atoms with Crippen LogP contribution in [0.5, 0.6) is 0 Å². The van der Waals surface area contributed by atoms with Crippen LogP contribution in [-0.2, 0) is 9.53 Å². The summed E-state index contributed by atoms with van der Waals surface area (Å²) >= 11 is 0. The van der Waals surface area contributed by atoms with Gasteiger partial charge in [0.05, 0.1) is 0 Å². The van der Waals surface area contributed by atoms with E-state index in [1.54, 1.807) is 0 Å². The molecular weight excluding hydrogens is 316 g/mol. The summed E-state index contributed by atoms with van der Waals surface area (Å²) in [5.41, 5.74) is 0.666. The minimum absolute atomic E-state index is 0.111. The van der Waals surface area contributed by atoms with Crippen LogP contribution in [0.2, 0.25) is 0 Å². The summed E-state index contributed by atoms with van der Waals surface area (Å²) in [6, 6.07) is 0. The second-order valence-corrected chi connectivity index (χ2v) is 9.75. The van der Waals surface area contributed by atoms with Crippen molar-refractivity contribution in [1.82, 2.24) is 0 Å². The number of carbonyl (C=O) groups excluding carboxylic acids is 1. The van der Waals surface area contributed by atoms with Gasteiger partial charge in [0, 0.05) is 17.6 Å². The van der Waals surface area contributed by atoms with Gasteiger partial charge in [0.15, 0.2) is 5.78 Å². The van der Waals surface area contributed by atoms with Crippen molar-refractivity contribution in [3.8, 4) is 0 Å². The van der Waals surface area contributed by atoms with E-state index in [9.17, 15) is 15.0 Å². The molecule has 6 atom stereocenters. The number of hydrogen-bond donors (Lipinski definition) is 2. The first-order chi connectivity index (χ1) is 11.6. The summed E-state index contributed by atoms with van der Waals surface area (Å²) in [7, 11) is 0. The Kier molecular flexibility index (Phi) is 3.60. The quantitative estimate of drug-likeness (QED) is 0.707. The fourth-order valence-corrected chi connectivity index (χ4v) is 6.49. The van der Waals surface area contributed by atoms with Crippen LogP contribution in [-0.4, -0.2) is 33.8 Å². The predicted molar refractivity (Wildman–Crippen MR) is 94.6 cm³/mol. The molecule has 3 aliphatic carbocycles. The first kappa shape index (κ1) is 17.3. The van der Waals surface area contributed by atoms with E-state index in [-0.39, 0.29) is 16.9 Å². The Labute approximate surface area is 149 Å². The van der Waals surface area contributed by atoms with E-state index in [0.717, 1.165) is 19.3 Å². The van der Waals surface area contributed by atoms with Crippen LogP contribution in [0.15, 0.2) is 23.5 Å². The Balaban J connectivity index is 1.82. The average Bonchev–Trinajstić information content (AvgIpc) is 2.50. The summed E-state index contributed by atoms with van der Waals surface area (Å²) < 4.78 is 6.35. The number of hydrogen-bond acceptors (Lipinski definition) is 4. The van der Waals surface area contributed by atoms with Crippen LogP contribution >= 0.6 is 0 Å². The highest BCUT2D eigenvalue weighted by Gasteiger charge is 2.60. The molecule has 2 saturated carbocycles. The van der Waals surface area contributed by atoms with Gasteiger partial charge in [0.25, 0.3) is 0 Å². The van der Waals surface area contributed by atoms with Crippen molar-refractivity contribution in [2.45, 2.75) is 77.6 Å². The van der Waals surface area contributed by atoms with Crippen LogP contribution in [0.3, 0.4) is 0 Å². The first-order valence-electron chi connectivity index (χ1n) is 9.61. The Morgan fingerprint density at radius 2 is 1.80 bits per heavy atom. The number of ether oxygens (including phenoxy) is 1. The van der Waals surface area contributed by atoms with Crippen LogP contribution in [0, 0.1) is 22.7 Å². The lowest BCUT2D eigenvalue weighted by molar-refractivity contribution is -0.166. The third kappa shape index (κ3) is 2.30. The molecule has 0 bridgehead atoms. The molecule has 0 aromatic carbocycles. The first-order valence-corrected chi connectivity index (χ1v) is 9.61.